The molecule has 0 aliphatic heterocycles. The van der Waals surface area contributed by atoms with Crippen molar-refractivity contribution < 1.29 is 9.59 Å². The minimum absolute atomic E-state index is 0.0945. The molecule has 0 atom stereocenters. The lowest BCUT2D eigenvalue weighted by molar-refractivity contribution is -0.122. The zero-order valence-electron chi connectivity index (χ0n) is 15.6. The average Bonchev–Trinajstić information content (AvgIpc) is 2.63. The van der Waals surface area contributed by atoms with Gasteiger partial charge >= 0.3 is 0 Å². The maximum atomic E-state index is 12.6. The van der Waals surface area contributed by atoms with Crippen LogP contribution in [-0.2, 0) is 22.7 Å². The van der Waals surface area contributed by atoms with E-state index in [2.05, 4.69) is 10.6 Å². The molecule has 0 saturated heterocycles. The summed E-state index contributed by atoms with van der Waals surface area (Å²) in [6.07, 6.45) is 1.41. The number of hydrogen-bond acceptors (Lipinski definition) is 3. The highest BCUT2D eigenvalue weighted by atomic mass is 16.2. The molecule has 2 aromatic carbocycles. The predicted octanol–water partition coefficient (Wildman–Crippen LogP) is 3.59. The van der Waals surface area contributed by atoms with E-state index in [-0.39, 0.29) is 17.4 Å². The summed E-state index contributed by atoms with van der Waals surface area (Å²) in [5.74, 6) is -0.384. The number of rotatable bonds is 7. The van der Waals surface area contributed by atoms with Gasteiger partial charge in [-0.15, -0.1) is 0 Å². The van der Waals surface area contributed by atoms with Gasteiger partial charge in [0.1, 0.15) is 5.70 Å². The van der Waals surface area contributed by atoms with Crippen molar-refractivity contribution in [3.05, 3.63) is 83.6 Å². The van der Waals surface area contributed by atoms with Gasteiger partial charge in [-0.05, 0) is 11.1 Å². The molecule has 4 nitrogen and oxygen atoms in total. The maximum absolute atomic E-state index is 12.6. The first-order valence-electron chi connectivity index (χ1n) is 8.72. The van der Waals surface area contributed by atoms with Crippen molar-refractivity contribution in [3.63, 3.8) is 0 Å². The molecule has 4 heteroatoms. The molecular formula is C22H26N2O2. The standard InChI is InChI=1S/C22H26N2O2/c1-22(2,3)20(25)14-19(23-15-17-10-6-4-7-11-17)21(26)24-16-18-12-8-5-9-13-18/h4-14,23H,15-16H2,1-3H3,(H,24,26)/b19-14+. The number of carbonyl (C=O) groups excluding carboxylic acids is 2. The molecule has 0 fully saturated rings. The molecule has 1 amide bonds. The lowest BCUT2D eigenvalue weighted by atomic mass is 9.90. The van der Waals surface area contributed by atoms with Gasteiger partial charge in [-0.1, -0.05) is 81.4 Å². The highest BCUT2D eigenvalue weighted by Crippen LogP contribution is 2.16. The smallest absolute Gasteiger partial charge is 0.267 e. The van der Waals surface area contributed by atoms with Crippen LogP contribution in [0.3, 0.4) is 0 Å². The Morgan fingerprint density at radius 3 is 1.73 bits per heavy atom. The normalized spacial score (nSPS) is 11.7. The van der Waals surface area contributed by atoms with Crippen molar-refractivity contribution in [2.45, 2.75) is 33.9 Å². The molecule has 136 valence electrons. The monoisotopic (exact) mass is 350 g/mol. The van der Waals surface area contributed by atoms with Crippen LogP contribution in [-0.4, -0.2) is 11.7 Å². The molecule has 0 heterocycles. The quantitative estimate of drug-likeness (QED) is 0.750. The summed E-state index contributed by atoms with van der Waals surface area (Å²) in [5, 5.41) is 5.97. The summed E-state index contributed by atoms with van der Waals surface area (Å²) >= 11 is 0. The van der Waals surface area contributed by atoms with E-state index in [0.717, 1.165) is 11.1 Å². The average molecular weight is 350 g/mol. The van der Waals surface area contributed by atoms with E-state index in [4.69, 9.17) is 0 Å². The zero-order chi connectivity index (χ0) is 19.0. The van der Waals surface area contributed by atoms with Crippen molar-refractivity contribution in [2.75, 3.05) is 0 Å². The molecule has 0 unspecified atom stereocenters. The Balaban J connectivity index is 2.09. The topological polar surface area (TPSA) is 58.2 Å². The van der Waals surface area contributed by atoms with Crippen LogP contribution in [0.15, 0.2) is 72.4 Å². The Labute approximate surface area is 155 Å². The molecule has 0 aliphatic carbocycles. The molecule has 0 spiro atoms. The lowest BCUT2D eigenvalue weighted by Crippen LogP contribution is -2.33. The molecule has 2 rings (SSSR count). The van der Waals surface area contributed by atoms with Gasteiger partial charge in [0.2, 0.25) is 0 Å². The molecule has 0 aromatic heterocycles. The molecule has 2 aromatic rings. The van der Waals surface area contributed by atoms with E-state index in [9.17, 15) is 9.59 Å². The van der Waals surface area contributed by atoms with Crippen LogP contribution in [0.5, 0.6) is 0 Å². The molecule has 0 aliphatic rings. The van der Waals surface area contributed by atoms with Crippen LogP contribution in [0, 0.1) is 5.41 Å². The van der Waals surface area contributed by atoms with Gasteiger partial charge < -0.3 is 10.6 Å². The fraction of sp³-hybridized carbons (Fsp3) is 0.273. The molecule has 0 saturated carbocycles. The summed E-state index contributed by atoms with van der Waals surface area (Å²) in [5.41, 5.74) is 1.78. The zero-order valence-corrected chi connectivity index (χ0v) is 15.6. The maximum Gasteiger partial charge on any atom is 0.267 e. The lowest BCUT2D eigenvalue weighted by Gasteiger charge is -2.16. The first kappa shape index (κ1) is 19.4. The van der Waals surface area contributed by atoms with Crippen molar-refractivity contribution in [3.8, 4) is 0 Å². The number of nitrogens with one attached hydrogen (secondary N) is 2. The van der Waals surface area contributed by atoms with Crippen LogP contribution >= 0.6 is 0 Å². The molecular weight excluding hydrogens is 324 g/mol. The van der Waals surface area contributed by atoms with Crippen molar-refractivity contribution in [1.29, 1.82) is 0 Å². The van der Waals surface area contributed by atoms with Gasteiger partial charge in [-0.2, -0.15) is 0 Å². The van der Waals surface area contributed by atoms with E-state index in [1.807, 2.05) is 81.4 Å². The van der Waals surface area contributed by atoms with Crippen LogP contribution < -0.4 is 10.6 Å². The Morgan fingerprint density at radius 1 is 0.808 bits per heavy atom. The molecule has 0 radical (unpaired) electrons. The van der Waals surface area contributed by atoms with E-state index < -0.39 is 5.41 Å². The van der Waals surface area contributed by atoms with Crippen LogP contribution in [0.2, 0.25) is 0 Å². The van der Waals surface area contributed by atoms with Gasteiger partial charge in [0.05, 0.1) is 0 Å². The van der Waals surface area contributed by atoms with E-state index >= 15 is 0 Å². The third kappa shape index (κ3) is 6.20. The number of carbonyl (C=O) groups is 2. The molecule has 0 bridgehead atoms. The highest BCUT2D eigenvalue weighted by molar-refractivity contribution is 6.03. The van der Waals surface area contributed by atoms with E-state index in [1.165, 1.54) is 6.08 Å². The Bertz CT molecular complexity index is 760. The summed E-state index contributed by atoms with van der Waals surface area (Å²) in [4.78, 5) is 25.0. The third-order valence-electron chi connectivity index (χ3n) is 3.88. The van der Waals surface area contributed by atoms with Gasteiger partial charge in [0.25, 0.3) is 5.91 Å². The number of amides is 1. The fourth-order valence-corrected chi connectivity index (χ4v) is 2.21. The summed E-state index contributed by atoms with van der Waals surface area (Å²) in [6, 6.07) is 19.4. The number of allylic oxidation sites excluding steroid dienone is 1. The van der Waals surface area contributed by atoms with E-state index in [0.29, 0.717) is 13.1 Å². The summed E-state index contributed by atoms with van der Waals surface area (Å²) in [6.45, 7) is 6.39. The predicted molar refractivity (Wildman–Crippen MR) is 104 cm³/mol. The van der Waals surface area contributed by atoms with Crippen LogP contribution in [0.25, 0.3) is 0 Å². The molecule has 2 N–H and O–H groups in total. The van der Waals surface area contributed by atoms with Crippen LogP contribution in [0.4, 0.5) is 0 Å². The van der Waals surface area contributed by atoms with Gasteiger partial charge in [0.15, 0.2) is 5.78 Å². The Kier molecular flexibility index (Phi) is 6.73. The molecule has 26 heavy (non-hydrogen) atoms. The van der Waals surface area contributed by atoms with Crippen molar-refractivity contribution >= 4 is 11.7 Å². The first-order chi connectivity index (χ1) is 12.4. The van der Waals surface area contributed by atoms with Crippen molar-refractivity contribution in [1.82, 2.24) is 10.6 Å². The first-order valence-corrected chi connectivity index (χ1v) is 8.72. The highest BCUT2D eigenvalue weighted by Gasteiger charge is 2.21. The number of benzene rings is 2. The third-order valence-corrected chi connectivity index (χ3v) is 3.88. The number of ketones is 1. The second-order valence-electron chi connectivity index (χ2n) is 7.18. The van der Waals surface area contributed by atoms with Gasteiger partial charge in [0, 0.05) is 24.6 Å². The van der Waals surface area contributed by atoms with Gasteiger partial charge in [-0.3, -0.25) is 9.59 Å². The summed E-state index contributed by atoms with van der Waals surface area (Å²) < 4.78 is 0. The number of hydrogen-bond donors (Lipinski definition) is 2. The Hall–Kier alpha value is -2.88. The Morgan fingerprint density at radius 2 is 1.27 bits per heavy atom. The summed E-state index contributed by atoms with van der Waals surface area (Å²) in [7, 11) is 0. The van der Waals surface area contributed by atoms with Gasteiger partial charge in [-0.25, -0.2) is 0 Å². The fourth-order valence-electron chi connectivity index (χ4n) is 2.21. The second kappa shape index (κ2) is 8.99. The second-order valence-corrected chi connectivity index (χ2v) is 7.18. The van der Waals surface area contributed by atoms with Crippen LogP contribution in [0.1, 0.15) is 31.9 Å². The SMILES string of the molecule is CC(C)(C)C(=O)/C=C(/NCc1ccccc1)C(=O)NCc1ccccc1. The largest absolute Gasteiger partial charge is 0.376 e. The van der Waals surface area contributed by atoms with E-state index in [1.54, 1.807) is 0 Å². The minimum Gasteiger partial charge on any atom is -0.376 e. The minimum atomic E-state index is -0.542. The van der Waals surface area contributed by atoms with Crippen molar-refractivity contribution in [2.24, 2.45) is 5.41 Å².